The molecular formula is C24H18BrN3O8S2. The van der Waals surface area contributed by atoms with Gasteiger partial charge in [-0.3, -0.25) is 24.5 Å². The van der Waals surface area contributed by atoms with Gasteiger partial charge in [0.15, 0.2) is 6.61 Å². The number of esters is 1. The Morgan fingerprint density at radius 3 is 2.58 bits per heavy atom. The van der Waals surface area contributed by atoms with Gasteiger partial charge in [0.2, 0.25) is 11.8 Å². The highest BCUT2D eigenvalue weighted by atomic mass is 79.9. The number of anilines is 1. The molecule has 3 unspecified atom stereocenters. The minimum Gasteiger partial charge on any atom is -0.482 e. The SMILES string of the molecule is CCOC(=O)COc1ccc(Br)cc1C1c2sc(=O)[nH]c2SC2C(=O)N(c3ccc([N+](=O)[O-])cc3)C(=O)C21. The molecule has 38 heavy (non-hydrogen) atoms. The van der Waals surface area contributed by atoms with E-state index in [1.807, 2.05) is 0 Å². The summed E-state index contributed by atoms with van der Waals surface area (Å²) in [5, 5.41) is 10.7. The molecule has 0 saturated carbocycles. The van der Waals surface area contributed by atoms with Gasteiger partial charge in [-0.15, -0.1) is 0 Å². The van der Waals surface area contributed by atoms with Crippen molar-refractivity contribution < 1.29 is 28.8 Å². The van der Waals surface area contributed by atoms with Crippen molar-refractivity contribution in [3.8, 4) is 5.75 Å². The monoisotopic (exact) mass is 619 g/mol. The summed E-state index contributed by atoms with van der Waals surface area (Å²) in [5.74, 6) is -2.91. The van der Waals surface area contributed by atoms with Crippen LogP contribution < -0.4 is 14.5 Å². The Kier molecular flexibility index (Phi) is 7.11. The largest absolute Gasteiger partial charge is 0.482 e. The van der Waals surface area contributed by atoms with Crippen LogP contribution in [0.1, 0.15) is 23.3 Å². The zero-order valence-electron chi connectivity index (χ0n) is 19.5. The quantitative estimate of drug-likeness (QED) is 0.180. The second kappa shape index (κ2) is 10.3. The first-order chi connectivity index (χ1) is 18.2. The van der Waals surface area contributed by atoms with Crippen molar-refractivity contribution in [3.63, 3.8) is 0 Å². The summed E-state index contributed by atoms with van der Waals surface area (Å²) in [7, 11) is 0. The fourth-order valence-corrected chi connectivity index (χ4v) is 7.45. The zero-order valence-corrected chi connectivity index (χ0v) is 22.8. The van der Waals surface area contributed by atoms with Crippen LogP contribution in [0.5, 0.6) is 5.75 Å². The van der Waals surface area contributed by atoms with Crippen molar-refractivity contribution >= 4 is 68.2 Å². The van der Waals surface area contributed by atoms with Crippen LogP contribution >= 0.6 is 39.0 Å². The average Bonchev–Trinajstić information content (AvgIpc) is 3.37. The number of nitrogens with zero attached hydrogens (tertiary/aromatic N) is 2. The number of carbonyl (C=O) groups excluding carboxylic acids is 3. The Balaban J connectivity index is 1.59. The third kappa shape index (κ3) is 4.63. The molecular weight excluding hydrogens is 602 g/mol. The molecule has 196 valence electrons. The number of thiazole rings is 1. The lowest BCUT2D eigenvalue weighted by Crippen LogP contribution is -2.32. The van der Waals surface area contributed by atoms with Crippen LogP contribution in [0.2, 0.25) is 0 Å². The molecule has 1 aromatic heterocycles. The van der Waals surface area contributed by atoms with Gasteiger partial charge in [0.1, 0.15) is 11.0 Å². The van der Waals surface area contributed by atoms with Gasteiger partial charge >= 0.3 is 10.8 Å². The number of fused-ring (bicyclic) bond motifs is 2. The molecule has 11 nitrogen and oxygen atoms in total. The van der Waals surface area contributed by atoms with Crippen molar-refractivity contribution in [1.29, 1.82) is 0 Å². The number of hydrogen-bond donors (Lipinski definition) is 1. The molecule has 0 radical (unpaired) electrons. The van der Waals surface area contributed by atoms with Crippen LogP contribution in [-0.2, 0) is 19.1 Å². The maximum Gasteiger partial charge on any atom is 0.344 e. The van der Waals surface area contributed by atoms with Crippen LogP contribution in [0.4, 0.5) is 11.4 Å². The number of thioether (sulfide) groups is 1. The lowest BCUT2D eigenvalue weighted by molar-refractivity contribution is -0.384. The molecule has 3 aromatic rings. The van der Waals surface area contributed by atoms with E-state index in [9.17, 15) is 29.3 Å². The average molecular weight is 620 g/mol. The molecule has 2 aliphatic rings. The number of carbonyl (C=O) groups is 3. The summed E-state index contributed by atoms with van der Waals surface area (Å²) < 4.78 is 11.4. The smallest absolute Gasteiger partial charge is 0.344 e. The molecule has 0 spiro atoms. The second-order valence-corrected chi connectivity index (χ2v) is 11.4. The van der Waals surface area contributed by atoms with Gasteiger partial charge in [0.25, 0.3) is 5.69 Å². The predicted molar refractivity (Wildman–Crippen MR) is 142 cm³/mol. The number of hydrogen-bond acceptors (Lipinski definition) is 10. The maximum absolute atomic E-state index is 13.9. The van der Waals surface area contributed by atoms with E-state index in [1.54, 1.807) is 25.1 Å². The highest BCUT2D eigenvalue weighted by Gasteiger charge is 2.57. The summed E-state index contributed by atoms with van der Waals surface area (Å²) in [6, 6.07) is 10.3. The van der Waals surface area contributed by atoms with Crippen LogP contribution in [0.25, 0.3) is 0 Å². The highest BCUT2D eigenvalue weighted by Crippen LogP contribution is 2.54. The number of imide groups is 1. The molecule has 14 heteroatoms. The topological polar surface area (TPSA) is 149 Å². The van der Waals surface area contributed by atoms with E-state index < -0.39 is 39.8 Å². The number of amides is 2. The lowest BCUT2D eigenvalue weighted by atomic mass is 9.82. The van der Waals surface area contributed by atoms with Crippen LogP contribution in [0.3, 0.4) is 0 Å². The van der Waals surface area contributed by atoms with Crippen molar-refractivity contribution in [1.82, 2.24) is 4.98 Å². The van der Waals surface area contributed by atoms with Gasteiger partial charge in [-0.25, -0.2) is 9.69 Å². The second-order valence-electron chi connectivity index (χ2n) is 8.31. The first-order valence-corrected chi connectivity index (χ1v) is 13.8. The highest BCUT2D eigenvalue weighted by molar-refractivity contribution is 9.10. The standard InChI is InChI=1S/C24H18BrN3O8S2/c1-2-35-16(29)10-36-15-8-3-11(25)9-14(15)17-18-20(37-21-19(17)38-24(32)26-21)23(31)27(22(18)30)12-4-6-13(7-5-12)28(33)34/h3-9,17-18,20H,2,10H2,1H3,(H,26,32). The van der Waals surface area contributed by atoms with E-state index in [0.29, 0.717) is 25.7 Å². The third-order valence-corrected chi connectivity index (χ3v) is 8.99. The van der Waals surface area contributed by atoms with Crippen molar-refractivity contribution in [2.45, 2.75) is 23.1 Å². The Labute approximate surface area is 231 Å². The van der Waals surface area contributed by atoms with Gasteiger partial charge in [-0.1, -0.05) is 39.0 Å². The predicted octanol–water partition coefficient (Wildman–Crippen LogP) is 3.84. The van der Waals surface area contributed by atoms with Gasteiger partial charge in [-0.2, -0.15) is 0 Å². The normalized spacial score (nSPS) is 20.2. The summed E-state index contributed by atoms with van der Waals surface area (Å²) in [6.45, 7) is 1.50. The first kappa shape index (κ1) is 26.1. The van der Waals surface area contributed by atoms with Gasteiger partial charge in [0.05, 0.1) is 28.2 Å². The van der Waals surface area contributed by atoms with Gasteiger partial charge < -0.3 is 14.5 Å². The lowest BCUT2D eigenvalue weighted by Gasteiger charge is -2.31. The number of benzene rings is 2. The number of halogens is 1. The zero-order chi connectivity index (χ0) is 27.1. The summed E-state index contributed by atoms with van der Waals surface area (Å²) >= 11 is 5.49. The van der Waals surface area contributed by atoms with Crippen molar-refractivity contribution in [3.05, 3.63) is 77.2 Å². The minimum absolute atomic E-state index is 0.171. The van der Waals surface area contributed by atoms with Crippen LogP contribution in [0.15, 0.2) is 56.8 Å². The number of rotatable bonds is 7. The summed E-state index contributed by atoms with van der Waals surface area (Å²) in [6.07, 6.45) is 0. The molecule has 2 amide bonds. The first-order valence-electron chi connectivity index (χ1n) is 11.3. The number of H-pyrrole nitrogens is 1. The number of nitrogens with one attached hydrogen (secondary N) is 1. The summed E-state index contributed by atoms with van der Waals surface area (Å²) in [4.78, 5) is 66.3. The minimum atomic E-state index is -0.902. The number of aromatic nitrogens is 1. The number of aromatic amines is 1. The maximum atomic E-state index is 13.9. The van der Waals surface area contributed by atoms with E-state index in [2.05, 4.69) is 20.9 Å². The van der Waals surface area contributed by atoms with Crippen LogP contribution in [0, 0.1) is 16.0 Å². The molecule has 2 aromatic carbocycles. The fraction of sp³-hybridized carbons (Fsp3) is 0.250. The molecule has 0 bridgehead atoms. The number of nitro groups is 1. The van der Waals surface area contributed by atoms with Crippen molar-refractivity contribution in [2.24, 2.45) is 5.92 Å². The van der Waals surface area contributed by atoms with E-state index in [-0.39, 0.29) is 29.5 Å². The molecule has 3 heterocycles. The van der Waals surface area contributed by atoms with Gasteiger partial charge in [-0.05, 0) is 37.3 Å². The fourth-order valence-electron chi connectivity index (χ4n) is 4.56. The molecule has 2 aliphatic heterocycles. The van der Waals surface area contributed by atoms with E-state index in [4.69, 9.17) is 9.47 Å². The van der Waals surface area contributed by atoms with E-state index >= 15 is 0 Å². The molecule has 5 rings (SSSR count). The Hall–Kier alpha value is -3.49. The Morgan fingerprint density at radius 2 is 1.89 bits per heavy atom. The molecule has 1 fully saturated rings. The number of non-ortho nitro benzene ring substituents is 1. The molecule has 3 atom stereocenters. The van der Waals surface area contributed by atoms with Gasteiger partial charge in [0, 0.05) is 33.0 Å². The van der Waals surface area contributed by atoms with E-state index in [0.717, 1.165) is 28.0 Å². The Morgan fingerprint density at radius 1 is 1.16 bits per heavy atom. The van der Waals surface area contributed by atoms with Crippen molar-refractivity contribution in [2.75, 3.05) is 18.1 Å². The molecule has 1 N–H and O–H groups in total. The van der Waals surface area contributed by atoms with E-state index in [1.165, 1.54) is 24.3 Å². The number of ether oxygens (including phenoxy) is 2. The van der Waals surface area contributed by atoms with Crippen LogP contribution in [-0.4, -0.2) is 46.2 Å². The number of nitro benzene ring substituents is 1. The third-order valence-electron chi connectivity index (χ3n) is 6.10. The molecule has 1 saturated heterocycles. The molecule has 0 aliphatic carbocycles. The Bertz CT molecular complexity index is 1520. The summed E-state index contributed by atoms with van der Waals surface area (Å²) in [5.41, 5.74) is 0.557.